The highest BCUT2D eigenvalue weighted by atomic mass is 16.5. The third kappa shape index (κ3) is 6.54. The number of aryl methyl sites for hydroxylation is 2. The molecule has 3 aromatic carbocycles. The van der Waals surface area contributed by atoms with E-state index in [1.807, 2.05) is 18.2 Å². The molecule has 0 aliphatic rings. The molecule has 0 radical (unpaired) electrons. The average Bonchev–Trinajstić information content (AvgIpc) is 2.94. The van der Waals surface area contributed by atoms with Gasteiger partial charge in [0.25, 0.3) is 0 Å². The van der Waals surface area contributed by atoms with Crippen LogP contribution in [-0.4, -0.2) is 12.1 Å². The maximum absolute atomic E-state index is 5.61. The highest BCUT2D eigenvalue weighted by Crippen LogP contribution is 2.31. The smallest absolute Gasteiger partial charge is 0.128 e. The molecule has 1 unspecified atom stereocenters. The van der Waals surface area contributed by atoms with Gasteiger partial charge in [-0.15, -0.1) is 0 Å². The molecule has 36 heavy (non-hydrogen) atoms. The van der Waals surface area contributed by atoms with E-state index in [9.17, 15) is 0 Å². The average molecular weight is 479 g/mol. The van der Waals surface area contributed by atoms with Crippen LogP contribution in [0.2, 0.25) is 0 Å². The summed E-state index contributed by atoms with van der Waals surface area (Å²) in [4.78, 5) is 5.11. The van der Waals surface area contributed by atoms with Gasteiger partial charge in [-0.1, -0.05) is 81.3 Å². The number of methoxy groups -OCH3 is 1. The van der Waals surface area contributed by atoms with E-state index in [-0.39, 0.29) is 6.04 Å². The Morgan fingerprint density at radius 1 is 0.722 bits per heavy atom. The van der Waals surface area contributed by atoms with Gasteiger partial charge in [-0.2, -0.15) is 0 Å². The SMILES string of the molecule is CCCCc1ccc(NC(c2ccc(CCCC)cc2)c2cccc(-c3ccccc3OC)n2)cc1. The van der Waals surface area contributed by atoms with E-state index in [2.05, 4.69) is 92.0 Å². The van der Waals surface area contributed by atoms with Crippen LogP contribution in [0.15, 0.2) is 91.0 Å². The van der Waals surface area contributed by atoms with Gasteiger partial charge in [0.05, 0.1) is 24.5 Å². The van der Waals surface area contributed by atoms with Crippen molar-refractivity contribution in [2.45, 2.75) is 58.4 Å². The van der Waals surface area contributed by atoms with Crippen LogP contribution in [0.4, 0.5) is 5.69 Å². The van der Waals surface area contributed by atoms with Crippen molar-refractivity contribution in [1.82, 2.24) is 4.98 Å². The third-order valence-electron chi connectivity index (χ3n) is 6.67. The molecule has 4 aromatic rings. The maximum atomic E-state index is 5.61. The van der Waals surface area contributed by atoms with E-state index in [4.69, 9.17) is 9.72 Å². The minimum atomic E-state index is -0.0682. The van der Waals surface area contributed by atoms with E-state index in [0.717, 1.165) is 41.2 Å². The van der Waals surface area contributed by atoms with Crippen molar-refractivity contribution in [1.29, 1.82) is 0 Å². The fourth-order valence-electron chi connectivity index (χ4n) is 4.52. The summed E-state index contributed by atoms with van der Waals surface area (Å²) in [7, 11) is 1.71. The van der Waals surface area contributed by atoms with Crippen molar-refractivity contribution in [2.75, 3.05) is 12.4 Å². The van der Waals surface area contributed by atoms with Crippen molar-refractivity contribution in [3.8, 4) is 17.0 Å². The highest BCUT2D eigenvalue weighted by Gasteiger charge is 2.18. The predicted molar refractivity (Wildman–Crippen MR) is 152 cm³/mol. The van der Waals surface area contributed by atoms with Crippen molar-refractivity contribution < 1.29 is 4.74 Å². The molecule has 0 saturated heterocycles. The molecule has 0 bridgehead atoms. The van der Waals surface area contributed by atoms with Gasteiger partial charge in [0.2, 0.25) is 0 Å². The molecular weight excluding hydrogens is 440 g/mol. The number of pyridine rings is 1. The number of ether oxygens (including phenoxy) is 1. The number of nitrogens with one attached hydrogen (secondary N) is 1. The van der Waals surface area contributed by atoms with E-state index in [1.54, 1.807) is 7.11 Å². The van der Waals surface area contributed by atoms with Gasteiger partial charge >= 0.3 is 0 Å². The maximum Gasteiger partial charge on any atom is 0.128 e. The number of nitrogens with zero attached hydrogens (tertiary/aromatic N) is 1. The molecule has 4 rings (SSSR count). The van der Waals surface area contributed by atoms with E-state index in [0.29, 0.717) is 0 Å². The van der Waals surface area contributed by atoms with Crippen LogP contribution in [0.3, 0.4) is 0 Å². The summed E-state index contributed by atoms with van der Waals surface area (Å²) in [5.41, 5.74) is 7.96. The summed E-state index contributed by atoms with van der Waals surface area (Å²) in [5.74, 6) is 0.828. The van der Waals surface area contributed by atoms with Gasteiger partial charge < -0.3 is 10.1 Å². The molecule has 1 aromatic heterocycles. The Morgan fingerprint density at radius 2 is 1.36 bits per heavy atom. The van der Waals surface area contributed by atoms with Crippen LogP contribution in [0, 0.1) is 0 Å². The van der Waals surface area contributed by atoms with Gasteiger partial charge in [0.15, 0.2) is 0 Å². The molecule has 0 spiro atoms. The van der Waals surface area contributed by atoms with Crippen molar-refractivity contribution in [2.24, 2.45) is 0 Å². The molecule has 0 saturated carbocycles. The summed E-state index contributed by atoms with van der Waals surface area (Å²) in [6.07, 6.45) is 7.11. The second-order valence-electron chi connectivity index (χ2n) is 9.37. The molecule has 0 amide bonds. The standard InChI is InChI=1S/C33H38N2O/c1-4-6-11-25-17-21-27(22-18-25)33(34-28-23-19-26(20-24-28)12-7-5-2)31-15-10-14-30(35-31)29-13-8-9-16-32(29)36-3/h8-10,13-24,33-34H,4-7,11-12H2,1-3H3. The second kappa shape index (κ2) is 12.9. The number of rotatable bonds is 12. The number of hydrogen-bond acceptors (Lipinski definition) is 3. The van der Waals surface area contributed by atoms with Gasteiger partial charge in [0.1, 0.15) is 5.75 Å². The molecule has 3 heteroatoms. The molecule has 1 atom stereocenters. The quantitative estimate of drug-likeness (QED) is 0.221. The molecule has 186 valence electrons. The lowest BCUT2D eigenvalue weighted by molar-refractivity contribution is 0.416. The zero-order chi connectivity index (χ0) is 25.2. The minimum absolute atomic E-state index is 0.0682. The topological polar surface area (TPSA) is 34.1 Å². The first-order chi connectivity index (χ1) is 17.7. The molecule has 1 heterocycles. The monoisotopic (exact) mass is 478 g/mol. The van der Waals surface area contributed by atoms with Crippen LogP contribution in [0.25, 0.3) is 11.3 Å². The minimum Gasteiger partial charge on any atom is -0.496 e. The number of benzene rings is 3. The number of hydrogen-bond donors (Lipinski definition) is 1. The molecule has 3 nitrogen and oxygen atoms in total. The van der Waals surface area contributed by atoms with Crippen molar-refractivity contribution >= 4 is 5.69 Å². The van der Waals surface area contributed by atoms with Gasteiger partial charge in [-0.3, -0.25) is 4.98 Å². The molecule has 0 fully saturated rings. The van der Waals surface area contributed by atoms with E-state index < -0.39 is 0 Å². The Kier molecular flexibility index (Phi) is 9.15. The third-order valence-corrected chi connectivity index (χ3v) is 6.67. The first-order valence-corrected chi connectivity index (χ1v) is 13.3. The molecule has 1 N–H and O–H groups in total. The zero-order valence-corrected chi connectivity index (χ0v) is 21.8. The lowest BCUT2D eigenvalue weighted by Crippen LogP contribution is -2.14. The van der Waals surface area contributed by atoms with Crippen LogP contribution in [0.1, 0.15) is 68.0 Å². The summed E-state index contributed by atoms with van der Waals surface area (Å²) in [6.45, 7) is 4.47. The van der Waals surface area contributed by atoms with E-state index in [1.165, 1.54) is 42.4 Å². The summed E-state index contributed by atoms with van der Waals surface area (Å²) >= 11 is 0. The summed E-state index contributed by atoms with van der Waals surface area (Å²) in [6, 6.07) is 32.1. The lowest BCUT2D eigenvalue weighted by atomic mass is 9.98. The fourth-order valence-corrected chi connectivity index (χ4v) is 4.52. The van der Waals surface area contributed by atoms with Crippen molar-refractivity contribution in [3.05, 3.63) is 113 Å². The van der Waals surface area contributed by atoms with Crippen LogP contribution >= 0.6 is 0 Å². The molecule has 0 aliphatic carbocycles. The summed E-state index contributed by atoms with van der Waals surface area (Å²) in [5, 5.41) is 3.77. The lowest BCUT2D eigenvalue weighted by Gasteiger charge is -2.22. The van der Waals surface area contributed by atoms with Gasteiger partial charge in [0, 0.05) is 11.3 Å². The van der Waals surface area contributed by atoms with Gasteiger partial charge in [-0.05, 0) is 78.8 Å². The van der Waals surface area contributed by atoms with Crippen molar-refractivity contribution in [3.63, 3.8) is 0 Å². The zero-order valence-electron chi connectivity index (χ0n) is 21.8. The fraction of sp³-hybridized carbons (Fsp3) is 0.303. The highest BCUT2D eigenvalue weighted by molar-refractivity contribution is 5.67. The van der Waals surface area contributed by atoms with Gasteiger partial charge in [-0.25, -0.2) is 0 Å². The first kappa shape index (κ1) is 25.5. The number of anilines is 1. The van der Waals surface area contributed by atoms with E-state index >= 15 is 0 Å². The normalized spacial score (nSPS) is 11.8. The Hall–Kier alpha value is -3.59. The van der Waals surface area contributed by atoms with Crippen LogP contribution in [0.5, 0.6) is 5.75 Å². The Morgan fingerprint density at radius 3 is 2.00 bits per heavy atom. The Balaban J connectivity index is 1.67. The second-order valence-corrected chi connectivity index (χ2v) is 9.37. The summed E-state index contributed by atoms with van der Waals surface area (Å²) < 4.78 is 5.61. The Bertz CT molecular complexity index is 1220. The van der Waals surface area contributed by atoms with Crippen LogP contribution in [-0.2, 0) is 12.8 Å². The Labute approximate surface area is 216 Å². The largest absolute Gasteiger partial charge is 0.496 e. The predicted octanol–water partition coefficient (Wildman–Crippen LogP) is 8.64. The number of unbranched alkanes of at least 4 members (excludes halogenated alkanes) is 2. The number of aromatic nitrogens is 1. The number of para-hydroxylation sites is 1. The first-order valence-electron chi connectivity index (χ1n) is 13.3. The molecule has 0 aliphatic heterocycles. The molecular formula is C33H38N2O. The van der Waals surface area contributed by atoms with Crippen LogP contribution < -0.4 is 10.1 Å².